The van der Waals surface area contributed by atoms with Gasteiger partial charge in [0.15, 0.2) is 0 Å². The number of ether oxygens (including phenoxy) is 1. The van der Waals surface area contributed by atoms with Gasteiger partial charge in [-0.05, 0) is 19.4 Å². The van der Waals surface area contributed by atoms with Crippen molar-refractivity contribution in [2.45, 2.75) is 19.3 Å². The van der Waals surface area contributed by atoms with Crippen LogP contribution in [0.3, 0.4) is 0 Å². The van der Waals surface area contributed by atoms with E-state index in [0.29, 0.717) is 19.6 Å². The lowest BCUT2D eigenvalue weighted by Crippen LogP contribution is -2.29. The van der Waals surface area contributed by atoms with E-state index >= 15 is 0 Å². The molecule has 15 heavy (non-hydrogen) atoms. The van der Waals surface area contributed by atoms with E-state index in [1.54, 1.807) is 7.11 Å². The summed E-state index contributed by atoms with van der Waals surface area (Å²) in [5, 5.41) is 6.16. The van der Waals surface area contributed by atoms with Crippen molar-refractivity contribution in [2.75, 3.05) is 33.4 Å². The highest BCUT2D eigenvalue weighted by molar-refractivity contribution is 5.76. The molecule has 1 heterocycles. The van der Waals surface area contributed by atoms with E-state index in [1.165, 1.54) is 5.57 Å². The summed E-state index contributed by atoms with van der Waals surface area (Å²) in [5.41, 5.74) is 1.33. The van der Waals surface area contributed by atoms with Crippen LogP contribution >= 0.6 is 0 Å². The van der Waals surface area contributed by atoms with E-state index in [2.05, 4.69) is 16.7 Å². The summed E-state index contributed by atoms with van der Waals surface area (Å²) in [4.78, 5) is 11.4. The highest BCUT2D eigenvalue weighted by Crippen LogP contribution is 2.02. The molecular formula is C11H20N2O2. The highest BCUT2D eigenvalue weighted by Gasteiger charge is 2.05. The molecule has 2 N–H and O–H groups in total. The van der Waals surface area contributed by atoms with Gasteiger partial charge < -0.3 is 15.4 Å². The molecule has 0 spiro atoms. The second-order valence-corrected chi connectivity index (χ2v) is 3.69. The Morgan fingerprint density at radius 3 is 3.20 bits per heavy atom. The Bertz CT molecular complexity index is 227. The predicted octanol–water partition coefficient (Wildman–Crippen LogP) is 0.449. The molecule has 86 valence electrons. The quantitative estimate of drug-likeness (QED) is 0.496. The molecule has 0 saturated carbocycles. The van der Waals surface area contributed by atoms with Gasteiger partial charge in [0.05, 0.1) is 0 Å². The van der Waals surface area contributed by atoms with E-state index in [0.717, 1.165) is 25.9 Å². The summed E-state index contributed by atoms with van der Waals surface area (Å²) in [7, 11) is 1.65. The van der Waals surface area contributed by atoms with Crippen molar-refractivity contribution < 1.29 is 9.53 Å². The first-order chi connectivity index (χ1) is 7.33. The van der Waals surface area contributed by atoms with Crippen molar-refractivity contribution in [3.8, 4) is 0 Å². The molecule has 0 bridgehead atoms. The first-order valence-corrected chi connectivity index (χ1v) is 5.47. The molecule has 1 amide bonds. The van der Waals surface area contributed by atoms with Crippen molar-refractivity contribution in [3.05, 3.63) is 11.6 Å². The van der Waals surface area contributed by atoms with E-state index in [4.69, 9.17) is 4.74 Å². The molecule has 0 radical (unpaired) electrons. The van der Waals surface area contributed by atoms with Gasteiger partial charge >= 0.3 is 0 Å². The van der Waals surface area contributed by atoms with Crippen LogP contribution in [0.4, 0.5) is 0 Å². The molecule has 0 atom stereocenters. The molecule has 0 saturated heterocycles. The third-order valence-corrected chi connectivity index (χ3v) is 2.42. The Morgan fingerprint density at radius 2 is 2.53 bits per heavy atom. The van der Waals surface area contributed by atoms with Gasteiger partial charge in [0.2, 0.25) is 5.91 Å². The number of methoxy groups -OCH3 is 1. The fourth-order valence-electron chi connectivity index (χ4n) is 1.51. The van der Waals surface area contributed by atoms with Crippen LogP contribution in [0.15, 0.2) is 11.6 Å². The van der Waals surface area contributed by atoms with Crippen LogP contribution in [0, 0.1) is 0 Å². The monoisotopic (exact) mass is 212 g/mol. The summed E-state index contributed by atoms with van der Waals surface area (Å²) in [5.74, 6) is 0.117. The lowest BCUT2D eigenvalue weighted by Gasteiger charge is -2.14. The Labute approximate surface area is 91.1 Å². The molecule has 0 aromatic heterocycles. The molecular weight excluding hydrogens is 192 g/mol. The average Bonchev–Trinajstić information content (AvgIpc) is 2.28. The van der Waals surface area contributed by atoms with Crippen molar-refractivity contribution in [2.24, 2.45) is 0 Å². The third-order valence-electron chi connectivity index (χ3n) is 2.42. The number of hydrogen-bond acceptors (Lipinski definition) is 3. The van der Waals surface area contributed by atoms with Gasteiger partial charge in [0, 0.05) is 33.2 Å². The SMILES string of the molecule is COCCCC(=O)NCC1=CCNCC1. The minimum absolute atomic E-state index is 0.117. The van der Waals surface area contributed by atoms with Crippen molar-refractivity contribution in [1.82, 2.24) is 10.6 Å². The maximum absolute atomic E-state index is 11.4. The standard InChI is InChI=1S/C11H20N2O2/c1-15-8-2-3-11(14)13-9-10-4-6-12-7-5-10/h4,12H,2-3,5-9H2,1H3,(H,13,14). The van der Waals surface area contributed by atoms with Gasteiger partial charge in [-0.3, -0.25) is 4.79 Å². The first-order valence-electron chi connectivity index (χ1n) is 5.47. The fraction of sp³-hybridized carbons (Fsp3) is 0.727. The largest absolute Gasteiger partial charge is 0.385 e. The van der Waals surface area contributed by atoms with Crippen molar-refractivity contribution in [3.63, 3.8) is 0 Å². The summed E-state index contributed by atoms with van der Waals surface area (Å²) < 4.78 is 4.89. The van der Waals surface area contributed by atoms with Crippen LogP contribution < -0.4 is 10.6 Å². The van der Waals surface area contributed by atoms with Gasteiger partial charge in [-0.2, -0.15) is 0 Å². The number of carbonyl (C=O) groups excluding carboxylic acids is 1. The zero-order valence-electron chi connectivity index (χ0n) is 9.34. The molecule has 4 nitrogen and oxygen atoms in total. The van der Waals surface area contributed by atoms with Crippen molar-refractivity contribution in [1.29, 1.82) is 0 Å². The van der Waals surface area contributed by atoms with Crippen LogP contribution in [-0.4, -0.2) is 39.3 Å². The number of carbonyl (C=O) groups is 1. The van der Waals surface area contributed by atoms with Gasteiger partial charge in [0.1, 0.15) is 0 Å². The van der Waals surface area contributed by atoms with Gasteiger partial charge in [-0.15, -0.1) is 0 Å². The smallest absolute Gasteiger partial charge is 0.220 e. The van der Waals surface area contributed by atoms with Crippen LogP contribution in [0.1, 0.15) is 19.3 Å². The number of amides is 1. The molecule has 1 aliphatic rings. The third kappa shape index (κ3) is 5.54. The molecule has 0 aromatic rings. The number of nitrogens with one attached hydrogen (secondary N) is 2. The zero-order valence-corrected chi connectivity index (χ0v) is 9.34. The molecule has 0 aliphatic carbocycles. The predicted molar refractivity (Wildman–Crippen MR) is 59.7 cm³/mol. The maximum Gasteiger partial charge on any atom is 0.220 e. The molecule has 1 aliphatic heterocycles. The van der Waals surface area contributed by atoms with Crippen LogP contribution in [0.2, 0.25) is 0 Å². The minimum Gasteiger partial charge on any atom is -0.385 e. The van der Waals surface area contributed by atoms with Crippen LogP contribution in [0.5, 0.6) is 0 Å². The molecule has 1 rings (SSSR count). The Balaban J connectivity index is 2.07. The second kappa shape index (κ2) is 7.43. The Hall–Kier alpha value is -0.870. The lowest BCUT2D eigenvalue weighted by atomic mass is 10.1. The minimum atomic E-state index is 0.117. The number of rotatable bonds is 6. The fourth-order valence-corrected chi connectivity index (χ4v) is 1.51. The van der Waals surface area contributed by atoms with Crippen LogP contribution in [-0.2, 0) is 9.53 Å². The first kappa shape index (κ1) is 12.2. The molecule has 4 heteroatoms. The van der Waals surface area contributed by atoms with E-state index in [-0.39, 0.29) is 5.91 Å². The molecule has 0 aromatic carbocycles. The maximum atomic E-state index is 11.4. The Kier molecular flexibility index (Phi) is 6.04. The topological polar surface area (TPSA) is 50.4 Å². The van der Waals surface area contributed by atoms with E-state index in [9.17, 15) is 4.79 Å². The second-order valence-electron chi connectivity index (χ2n) is 3.69. The highest BCUT2D eigenvalue weighted by atomic mass is 16.5. The summed E-state index contributed by atoms with van der Waals surface area (Å²) in [6, 6.07) is 0. The molecule has 0 unspecified atom stereocenters. The normalized spacial score (nSPS) is 15.9. The summed E-state index contributed by atoms with van der Waals surface area (Å²) in [6.45, 7) is 3.30. The van der Waals surface area contributed by atoms with Gasteiger partial charge in [-0.25, -0.2) is 0 Å². The number of hydrogen-bond donors (Lipinski definition) is 2. The van der Waals surface area contributed by atoms with E-state index in [1.807, 2.05) is 0 Å². The zero-order chi connectivity index (χ0) is 10.9. The average molecular weight is 212 g/mol. The van der Waals surface area contributed by atoms with Gasteiger partial charge in [0.25, 0.3) is 0 Å². The van der Waals surface area contributed by atoms with E-state index < -0.39 is 0 Å². The lowest BCUT2D eigenvalue weighted by molar-refractivity contribution is -0.121. The van der Waals surface area contributed by atoms with Crippen LogP contribution in [0.25, 0.3) is 0 Å². The van der Waals surface area contributed by atoms with Gasteiger partial charge in [-0.1, -0.05) is 11.6 Å². The molecule has 0 fully saturated rings. The van der Waals surface area contributed by atoms with Crippen molar-refractivity contribution >= 4 is 5.91 Å². The summed E-state index contributed by atoms with van der Waals surface area (Å²) in [6.07, 6.45) is 4.54. The summed E-state index contributed by atoms with van der Waals surface area (Å²) >= 11 is 0. The Morgan fingerprint density at radius 1 is 1.67 bits per heavy atom.